The average Bonchev–Trinajstić information content (AvgIpc) is 3.32. The molecule has 0 aromatic carbocycles. The number of unbranched alkanes of at least 4 members (excludes halogenated alkanes) is 21. The lowest BCUT2D eigenvalue weighted by atomic mass is 9.97. The van der Waals surface area contributed by atoms with Crippen molar-refractivity contribution in [2.45, 2.75) is 284 Å². The molecular weight excluding hydrogens is 959 g/mol. The molecule has 0 bridgehead atoms. The highest BCUT2D eigenvalue weighted by atomic mass is 16.7. The lowest BCUT2D eigenvalue weighted by Gasteiger charge is -2.44. The highest BCUT2D eigenvalue weighted by Gasteiger charge is 2.53. The molecule has 1 saturated heterocycles. The molecule has 426 valence electrons. The van der Waals surface area contributed by atoms with Gasteiger partial charge in [-0.1, -0.05) is 148 Å². The van der Waals surface area contributed by atoms with Crippen molar-refractivity contribution in [1.29, 1.82) is 0 Å². The number of nitrogens with one attached hydrogen (secondary N) is 1. The van der Waals surface area contributed by atoms with Gasteiger partial charge in [-0.3, -0.25) is 38.4 Å². The van der Waals surface area contributed by atoms with Crippen LogP contribution in [0, 0.1) is 0 Å². The quantitative estimate of drug-likeness (QED) is 0.0259. The van der Waals surface area contributed by atoms with E-state index < -0.39 is 116 Å². The molecule has 1 unspecified atom stereocenters. The maximum Gasteiger partial charge on any atom is 0.303 e. The van der Waals surface area contributed by atoms with Crippen LogP contribution in [0.2, 0.25) is 0 Å². The van der Waals surface area contributed by atoms with Crippen LogP contribution in [0.3, 0.4) is 0 Å². The summed E-state index contributed by atoms with van der Waals surface area (Å²) in [7, 11) is 0. The lowest BCUT2D eigenvalue weighted by Crippen LogP contribution is -2.63. The van der Waals surface area contributed by atoms with Crippen molar-refractivity contribution < 1.29 is 81.0 Å². The third-order valence-corrected chi connectivity index (χ3v) is 12.5. The molecule has 1 amide bonds. The maximum atomic E-state index is 14.4. The second kappa shape index (κ2) is 41.6. The molecule has 0 saturated carbocycles. The molecule has 1 N–H and O–H groups in total. The molecule has 1 aliphatic heterocycles. The van der Waals surface area contributed by atoms with Gasteiger partial charge in [0.15, 0.2) is 36.8 Å². The van der Waals surface area contributed by atoms with Crippen molar-refractivity contribution in [2.75, 3.05) is 13.2 Å². The van der Waals surface area contributed by atoms with Gasteiger partial charge in [0.2, 0.25) is 0 Å². The van der Waals surface area contributed by atoms with Crippen molar-refractivity contribution in [2.24, 2.45) is 0 Å². The molecule has 9 atom stereocenters. The standard InChI is InChI=1S/C56H95NO17/c1-10-12-14-16-18-20-22-24-25-27-29-31-33-35-37-49(69-42(5)60)55(65)57-47(51(70-43(6)61)48(68-41(4)59)36-34-32-30-28-26-23-21-19-17-15-13-11-2)38-67-56-54(73-46(9)64)53(72-45(8)63)52(71-44(7)62)50(74-56)39-66-40(3)58/h28,30,47-54,56H,10-27,29,31-39H2,1-9H3,(H,57,65)/b30-28-/t47-,48+,49?,50+,51-,52+,53-,54+,56+/m0/s1. The van der Waals surface area contributed by atoms with Gasteiger partial charge in [0, 0.05) is 48.5 Å². The molecule has 1 heterocycles. The molecule has 74 heavy (non-hydrogen) atoms. The maximum absolute atomic E-state index is 14.4. The fraction of sp³-hybridized carbons (Fsp3) is 0.821. The van der Waals surface area contributed by atoms with Gasteiger partial charge in [0.25, 0.3) is 5.91 Å². The van der Waals surface area contributed by atoms with E-state index in [0.29, 0.717) is 19.3 Å². The second-order valence-electron chi connectivity index (χ2n) is 19.5. The SMILES string of the molecule is CCCCCCCCC/C=C\CCC[C@@H](OC(C)=O)[C@@H](OC(C)=O)[C@H](CO[C@@H]1O[C@H](COC(C)=O)[C@@H](OC(C)=O)[C@H](OC(C)=O)[C@H]1OC(C)=O)NC(=O)C(CCCCCCCCCCCCCCCC)OC(C)=O. The molecule has 1 aliphatic rings. The number of rotatable bonds is 42. The normalized spacial score (nSPS) is 19.1. The van der Waals surface area contributed by atoms with Gasteiger partial charge in [-0.15, -0.1) is 0 Å². The van der Waals surface area contributed by atoms with Crippen LogP contribution >= 0.6 is 0 Å². The molecule has 18 heteroatoms. The first-order chi connectivity index (χ1) is 35.4. The van der Waals surface area contributed by atoms with E-state index in [1.54, 1.807) is 0 Å². The first-order valence-corrected chi connectivity index (χ1v) is 27.8. The molecule has 1 fully saturated rings. The third-order valence-electron chi connectivity index (χ3n) is 12.5. The van der Waals surface area contributed by atoms with E-state index in [0.717, 1.165) is 79.6 Å². The van der Waals surface area contributed by atoms with Crippen LogP contribution in [0.5, 0.6) is 0 Å². The lowest BCUT2D eigenvalue weighted by molar-refractivity contribution is -0.310. The summed E-state index contributed by atoms with van der Waals surface area (Å²) < 4.78 is 51.6. The van der Waals surface area contributed by atoms with Crippen molar-refractivity contribution >= 4 is 47.7 Å². The van der Waals surface area contributed by atoms with Crippen LogP contribution in [0.1, 0.15) is 229 Å². The molecule has 0 spiro atoms. The first-order valence-electron chi connectivity index (χ1n) is 27.8. The minimum Gasteiger partial charge on any atom is -0.463 e. The highest BCUT2D eigenvalue weighted by Crippen LogP contribution is 2.31. The van der Waals surface area contributed by atoms with Gasteiger partial charge in [-0.2, -0.15) is 0 Å². The van der Waals surface area contributed by atoms with Gasteiger partial charge >= 0.3 is 41.8 Å². The van der Waals surface area contributed by atoms with Gasteiger partial charge in [0.05, 0.1) is 12.6 Å². The Kier molecular flexibility index (Phi) is 37.9. The fourth-order valence-corrected chi connectivity index (χ4v) is 8.99. The number of esters is 7. The Balaban J connectivity index is 3.53. The average molecular weight is 1050 g/mol. The Morgan fingerprint density at radius 3 is 1.39 bits per heavy atom. The smallest absolute Gasteiger partial charge is 0.303 e. The van der Waals surface area contributed by atoms with Gasteiger partial charge in [-0.25, -0.2) is 0 Å². The van der Waals surface area contributed by atoms with E-state index in [-0.39, 0.29) is 12.8 Å². The summed E-state index contributed by atoms with van der Waals surface area (Å²) in [6, 6.07) is -1.37. The van der Waals surface area contributed by atoms with E-state index in [2.05, 4.69) is 31.3 Å². The summed E-state index contributed by atoms with van der Waals surface area (Å²) >= 11 is 0. The Labute approximate surface area is 442 Å². The third kappa shape index (κ3) is 32.7. The van der Waals surface area contributed by atoms with Gasteiger partial charge in [0.1, 0.15) is 18.8 Å². The topological polar surface area (TPSA) is 232 Å². The molecular formula is C56H95NO17. The summed E-state index contributed by atoms with van der Waals surface area (Å²) in [4.78, 5) is 102. The van der Waals surface area contributed by atoms with Crippen molar-refractivity contribution in [3.8, 4) is 0 Å². The van der Waals surface area contributed by atoms with Crippen molar-refractivity contribution in [1.82, 2.24) is 5.32 Å². The van der Waals surface area contributed by atoms with Crippen LogP contribution in [0.15, 0.2) is 12.2 Å². The highest BCUT2D eigenvalue weighted by molar-refractivity contribution is 5.83. The van der Waals surface area contributed by atoms with Gasteiger partial charge < -0.3 is 47.9 Å². The molecule has 18 nitrogen and oxygen atoms in total. The van der Waals surface area contributed by atoms with Crippen LogP contribution < -0.4 is 5.32 Å². The number of amides is 1. The minimum absolute atomic E-state index is 0.174. The summed E-state index contributed by atoms with van der Waals surface area (Å²) in [5.74, 6) is -6.20. The van der Waals surface area contributed by atoms with Crippen molar-refractivity contribution in [3.63, 3.8) is 0 Å². The van der Waals surface area contributed by atoms with Crippen LogP contribution in [0.4, 0.5) is 0 Å². The number of hydrogen-bond donors (Lipinski definition) is 1. The fourth-order valence-electron chi connectivity index (χ4n) is 8.99. The first kappa shape index (κ1) is 67.4. The Bertz CT molecular complexity index is 1650. The molecule has 0 aliphatic carbocycles. The number of hydrogen-bond acceptors (Lipinski definition) is 17. The largest absolute Gasteiger partial charge is 0.463 e. The summed E-state index contributed by atoms with van der Waals surface area (Å²) in [5, 5.41) is 2.84. The zero-order chi connectivity index (χ0) is 55.1. The van der Waals surface area contributed by atoms with Gasteiger partial charge in [-0.05, 0) is 44.9 Å². The molecule has 0 radical (unpaired) electrons. The molecule has 0 aromatic heterocycles. The minimum atomic E-state index is -1.68. The zero-order valence-corrected chi connectivity index (χ0v) is 46.6. The Morgan fingerprint density at radius 2 is 0.919 bits per heavy atom. The molecule has 1 rings (SSSR count). The van der Waals surface area contributed by atoms with Crippen LogP contribution in [0.25, 0.3) is 0 Å². The van der Waals surface area contributed by atoms with E-state index in [1.807, 2.05) is 0 Å². The number of carbonyl (C=O) groups excluding carboxylic acids is 8. The number of allylic oxidation sites excluding steroid dienone is 2. The summed E-state index contributed by atoms with van der Waals surface area (Å²) in [5.41, 5.74) is 0. The van der Waals surface area contributed by atoms with E-state index >= 15 is 0 Å². The monoisotopic (exact) mass is 1050 g/mol. The van der Waals surface area contributed by atoms with Crippen molar-refractivity contribution in [3.05, 3.63) is 12.2 Å². The predicted molar refractivity (Wildman–Crippen MR) is 277 cm³/mol. The summed E-state index contributed by atoms with van der Waals surface area (Å²) in [6.07, 6.45) is 19.2. The van der Waals surface area contributed by atoms with Crippen LogP contribution in [-0.4, -0.2) is 116 Å². The predicted octanol–water partition coefficient (Wildman–Crippen LogP) is 10.1. The van der Waals surface area contributed by atoms with E-state index in [9.17, 15) is 38.4 Å². The Hall–Kier alpha value is -4.58. The van der Waals surface area contributed by atoms with Crippen LogP contribution in [-0.2, 0) is 81.0 Å². The zero-order valence-electron chi connectivity index (χ0n) is 46.6. The molecule has 0 aromatic rings. The Morgan fingerprint density at radius 1 is 0.473 bits per heavy atom. The van der Waals surface area contributed by atoms with E-state index in [4.69, 9.17) is 42.6 Å². The number of carbonyl (C=O) groups is 8. The summed E-state index contributed by atoms with van der Waals surface area (Å²) in [6.45, 7) is 11.2. The van der Waals surface area contributed by atoms with E-state index in [1.165, 1.54) is 104 Å². The number of ether oxygens (including phenoxy) is 9. The second-order valence-corrected chi connectivity index (χ2v) is 19.5.